The Morgan fingerprint density at radius 1 is 1.24 bits per heavy atom. The van der Waals surface area contributed by atoms with Gasteiger partial charge in [0, 0.05) is 5.02 Å². The Hall–Kier alpha value is -2.02. The van der Waals surface area contributed by atoms with Gasteiger partial charge in [-0.1, -0.05) is 34.5 Å². The first kappa shape index (κ1) is 17.8. The average Bonchev–Trinajstić information content (AvgIpc) is 2.98. The number of benzene rings is 2. The van der Waals surface area contributed by atoms with E-state index in [0.717, 1.165) is 16.0 Å². The molecule has 25 heavy (non-hydrogen) atoms. The zero-order valence-corrected chi connectivity index (χ0v) is 15.7. The van der Waals surface area contributed by atoms with Gasteiger partial charge >= 0.3 is 0 Å². The van der Waals surface area contributed by atoms with Crippen LogP contribution in [0.3, 0.4) is 0 Å². The molecule has 0 aliphatic heterocycles. The zero-order chi connectivity index (χ0) is 18.0. The largest absolute Gasteiger partial charge is 0.497 e. The summed E-state index contributed by atoms with van der Waals surface area (Å²) >= 11 is 13.3. The molecule has 1 N–H and O–H groups in total. The van der Waals surface area contributed by atoms with Gasteiger partial charge in [-0.15, -0.1) is 0 Å². The Morgan fingerprint density at radius 2 is 2.04 bits per heavy atom. The lowest BCUT2D eigenvalue weighted by molar-refractivity contribution is -0.122. The molecule has 0 spiro atoms. The fourth-order valence-corrected chi connectivity index (χ4v) is 3.46. The third kappa shape index (κ3) is 4.15. The number of hydrogen-bond acceptors (Lipinski definition) is 5. The monoisotopic (exact) mass is 396 g/mol. The summed E-state index contributed by atoms with van der Waals surface area (Å²) in [6.07, 6.45) is -0.750. The number of nitrogens with zero attached hydrogens (tertiary/aromatic N) is 1. The standard InChI is InChI=1S/C17H14Cl2N2O3S/c1-9(24-14-6-3-10(18)7-12(14)19)16(22)21-17-20-13-5-4-11(23-2)8-15(13)25-17/h3-9H,1-2H3,(H,20,21,22). The molecule has 1 atom stereocenters. The SMILES string of the molecule is COc1ccc2nc(NC(=O)C(C)Oc3ccc(Cl)cc3Cl)sc2c1. The fourth-order valence-electron chi connectivity index (χ4n) is 2.11. The lowest BCUT2D eigenvalue weighted by Crippen LogP contribution is -2.30. The number of ether oxygens (including phenoxy) is 2. The number of methoxy groups -OCH3 is 1. The van der Waals surface area contributed by atoms with E-state index >= 15 is 0 Å². The van der Waals surface area contributed by atoms with Crippen molar-refractivity contribution in [2.45, 2.75) is 13.0 Å². The van der Waals surface area contributed by atoms with Crippen LogP contribution in [0.15, 0.2) is 36.4 Å². The number of aromatic nitrogens is 1. The molecule has 8 heteroatoms. The molecular formula is C17H14Cl2N2O3S. The molecule has 1 amide bonds. The summed E-state index contributed by atoms with van der Waals surface area (Å²) in [4.78, 5) is 16.7. The summed E-state index contributed by atoms with van der Waals surface area (Å²) in [6, 6.07) is 10.4. The summed E-state index contributed by atoms with van der Waals surface area (Å²) in [7, 11) is 1.60. The molecule has 2 aromatic carbocycles. The highest BCUT2D eigenvalue weighted by atomic mass is 35.5. The molecule has 0 saturated heterocycles. The highest BCUT2D eigenvalue weighted by molar-refractivity contribution is 7.22. The van der Waals surface area contributed by atoms with Crippen LogP contribution in [0.4, 0.5) is 5.13 Å². The van der Waals surface area contributed by atoms with Crippen molar-refractivity contribution in [3.63, 3.8) is 0 Å². The van der Waals surface area contributed by atoms with E-state index in [4.69, 9.17) is 32.7 Å². The van der Waals surface area contributed by atoms with E-state index < -0.39 is 6.10 Å². The molecule has 130 valence electrons. The number of rotatable bonds is 5. The van der Waals surface area contributed by atoms with Crippen LogP contribution in [-0.4, -0.2) is 24.1 Å². The van der Waals surface area contributed by atoms with Crippen LogP contribution >= 0.6 is 34.5 Å². The lowest BCUT2D eigenvalue weighted by atomic mass is 10.3. The minimum absolute atomic E-state index is 0.322. The van der Waals surface area contributed by atoms with E-state index in [9.17, 15) is 4.79 Å². The normalized spacial score (nSPS) is 12.0. The highest BCUT2D eigenvalue weighted by Gasteiger charge is 2.18. The molecule has 3 rings (SSSR count). The Morgan fingerprint density at radius 3 is 2.76 bits per heavy atom. The van der Waals surface area contributed by atoms with Gasteiger partial charge in [-0.2, -0.15) is 0 Å². The van der Waals surface area contributed by atoms with E-state index in [2.05, 4.69) is 10.3 Å². The van der Waals surface area contributed by atoms with Crippen LogP contribution in [0.2, 0.25) is 10.0 Å². The van der Waals surface area contributed by atoms with Gasteiger partial charge in [-0.25, -0.2) is 4.98 Å². The second-order valence-electron chi connectivity index (χ2n) is 5.18. The van der Waals surface area contributed by atoms with Crippen molar-refractivity contribution in [1.29, 1.82) is 0 Å². The van der Waals surface area contributed by atoms with Crippen molar-refractivity contribution in [3.8, 4) is 11.5 Å². The third-order valence-corrected chi connectivity index (χ3v) is 4.86. The number of carbonyl (C=O) groups is 1. The first-order valence-electron chi connectivity index (χ1n) is 7.33. The van der Waals surface area contributed by atoms with Crippen molar-refractivity contribution < 1.29 is 14.3 Å². The molecule has 0 bridgehead atoms. The number of thiazole rings is 1. The highest BCUT2D eigenvalue weighted by Crippen LogP contribution is 2.30. The molecule has 0 radical (unpaired) electrons. The number of nitrogens with one attached hydrogen (secondary N) is 1. The van der Waals surface area contributed by atoms with Crippen molar-refractivity contribution in [2.24, 2.45) is 0 Å². The molecular weight excluding hydrogens is 383 g/mol. The maximum Gasteiger partial charge on any atom is 0.266 e. The third-order valence-electron chi connectivity index (χ3n) is 3.39. The quantitative estimate of drug-likeness (QED) is 0.657. The first-order chi connectivity index (χ1) is 12.0. The molecule has 0 fully saturated rings. The van der Waals surface area contributed by atoms with Gasteiger partial charge in [0.15, 0.2) is 11.2 Å². The topological polar surface area (TPSA) is 60.5 Å². The molecule has 3 aromatic rings. The van der Waals surface area contributed by atoms with Crippen LogP contribution in [0, 0.1) is 0 Å². The van der Waals surface area contributed by atoms with Gasteiger partial charge in [0.1, 0.15) is 11.5 Å². The van der Waals surface area contributed by atoms with E-state index in [-0.39, 0.29) is 5.91 Å². The number of halogens is 2. The van der Waals surface area contributed by atoms with Gasteiger partial charge in [0.2, 0.25) is 0 Å². The minimum atomic E-state index is -0.750. The van der Waals surface area contributed by atoms with Gasteiger partial charge < -0.3 is 9.47 Å². The summed E-state index contributed by atoms with van der Waals surface area (Å²) < 4.78 is 11.7. The number of amides is 1. The van der Waals surface area contributed by atoms with E-state index in [0.29, 0.717) is 20.9 Å². The first-order valence-corrected chi connectivity index (χ1v) is 8.90. The maximum absolute atomic E-state index is 12.3. The van der Waals surface area contributed by atoms with Gasteiger partial charge in [0.05, 0.1) is 22.3 Å². The number of fused-ring (bicyclic) bond motifs is 1. The molecule has 5 nitrogen and oxygen atoms in total. The molecule has 1 aromatic heterocycles. The van der Waals surface area contributed by atoms with Gasteiger partial charge in [-0.05, 0) is 43.3 Å². The average molecular weight is 397 g/mol. The van der Waals surface area contributed by atoms with E-state index in [1.54, 1.807) is 32.2 Å². The summed E-state index contributed by atoms with van der Waals surface area (Å²) in [5.41, 5.74) is 0.787. The van der Waals surface area contributed by atoms with Crippen molar-refractivity contribution in [2.75, 3.05) is 12.4 Å². The van der Waals surface area contributed by atoms with E-state index in [1.807, 2.05) is 18.2 Å². The van der Waals surface area contributed by atoms with E-state index in [1.165, 1.54) is 11.3 Å². The number of hydrogen-bond donors (Lipinski definition) is 1. The predicted molar refractivity (Wildman–Crippen MR) is 101 cm³/mol. The molecule has 0 aliphatic carbocycles. The Labute approximate surface area is 158 Å². The molecule has 0 aliphatic rings. The minimum Gasteiger partial charge on any atom is -0.497 e. The second-order valence-corrected chi connectivity index (χ2v) is 7.05. The van der Waals surface area contributed by atoms with Crippen molar-refractivity contribution in [1.82, 2.24) is 4.98 Å². The van der Waals surface area contributed by atoms with Crippen LogP contribution in [0.5, 0.6) is 11.5 Å². The Kier molecular flexibility index (Phi) is 5.32. The Bertz CT molecular complexity index is 929. The number of anilines is 1. The van der Waals surface area contributed by atoms with Crippen LogP contribution in [0.1, 0.15) is 6.92 Å². The summed E-state index contributed by atoms with van der Waals surface area (Å²) in [6.45, 7) is 1.64. The van der Waals surface area contributed by atoms with Crippen molar-refractivity contribution in [3.05, 3.63) is 46.4 Å². The van der Waals surface area contributed by atoms with Crippen molar-refractivity contribution >= 4 is 55.8 Å². The van der Waals surface area contributed by atoms with Crippen LogP contribution in [-0.2, 0) is 4.79 Å². The van der Waals surface area contributed by atoms with Gasteiger partial charge in [-0.3, -0.25) is 10.1 Å². The summed E-state index contributed by atoms with van der Waals surface area (Å²) in [5.74, 6) is 0.808. The lowest BCUT2D eigenvalue weighted by Gasteiger charge is -2.14. The Balaban J connectivity index is 1.70. The second kappa shape index (κ2) is 7.47. The molecule has 1 unspecified atom stereocenters. The zero-order valence-electron chi connectivity index (χ0n) is 13.4. The predicted octanol–water partition coefficient (Wildman–Crippen LogP) is 5.02. The van der Waals surface area contributed by atoms with Gasteiger partial charge in [0.25, 0.3) is 5.91 Å². The maximum atomic E-state index is 12.3. The summed E-state index contributed by atoms with van der Waals surface area (Å²) in [5, 5.41) is 4.09. The smallest absolute Gasteiger partial charge is 0.266 e. The fraction of sp³-hybridized carbons (Fsp3) is 0.176. The molecule has 0 saturated carbocycles. The molecule has 1 heterocycles. The number of carbonyl (C=O) groups excluding carboxylic acids is 1. The van der Waals surface area contributed by atoms with Crippen LogP contribution < -0.4 is 14.8 Å². The van der Waals surface area contributed by atoms with Crippen LogP contribution in [0.25, 0.3) is 10.2 Å².